The Kier molecular flexibility index (Phi) is 6.21. The third-order valence-corrected chi connectivity index (χ3v) is 3.88. The first-order valence-electron chi connectivity index (χ1n) is 8.71. The number of benzene rings is 3. The first-order valence-corrected chi connectivity index (χ1v) is 8.71. The summed E-state index contributed by atoms with van der Waals surface area (Å²) in [6.07, 6.45) is -4.70. The molecule has 1 heterocycles. The third-order valence-electron chi connectivity index (χ3n) is 3.88. The minimum Gasteiger partial charge on any atom is -0.404 e. The molecule has 30 heavy (non-hydrogen) atoms. The van der Waals surface area contributed by atoms with Gasteiger partial charge in [-0.3, -0.25) is 0 Å². The lowest BCUT2D eigenvalue weighted by atomic mass is 10.2. The minimum absolute atomic E-state index is 0.0381. The van der Waals surface area contributed by atoms with Crippen molar-refractivity contribution in [2.24, 2.45) is 0 Å². The lowest BCUT2D eigenvalue weighted by molar-refractivity contribution is -0.389. The Morgan fingerprint density at radius 2 is 1.53 bits per heavy atom. The summed E-state index contributed by atoms with van der Waals surface area (Å²) in [4.78, 5) is 12.6. The van der Waals surface area contributed by atoms with Crippen molar-refractivity contribution in [3.8, 4) is 5.75 Å². The molecule has 154 valence electrons. The summed E-state index contributed by atoms with van der Waals surface area (Å²) in [5, 5.41) is 14.1. The number of fused-ring (bicyclic) bond motifs is 1. The molecule has 4 rings (SSSR count). The Hall–Kier alpha value is -4.01. The van der Waals surface area contributed by atoms with E-state index in [1.165, 1.54) is 24.3 Å². The van der Waals surface area contributed by atoms with Crippen LogP contribution >= 0.6 is 0 Å². The van der Waals surface area contributed by atoms with Gasteiger partial charge in [0.1, 0.15) is 5.52 Å². The van der Waals surface area contributed by atoms with Crippen LogP contribution in [0.4, 0.5) is 30.4 Å². The number of aromatic nitrogens is 1. The molecule has 1 aromatic heterocycles. The topological polar surface area (TPSA) is 80.2 Å². The molecule has 4 aromatic rings. The van der Waals surface area contributed by atoms with Crippen LogP contribution in [0.3, 0.4) is 0 Å². The number of alkyl halides is 3. The molecule has 6 nitrogen and oxygen atoms in total. The van der Waals surface area contributed by atoms with E-state index in [0.29, 0.717) is 5.69 Å². The van der Waals surface area contributed by atoms with Crippen molar-refractivity contribution in [3.63, 3.8) is 0 Å². The fourth-order valence-corrected chi connectivity index (χ4v) is 2.62. The maximum absolute atomic E-state index is 12.2. The normalized spacial score (nSPS) is 10.8. The number of ether oxygens (including phenoxy) is 1. The number of halogens is 3. The van der Waals surface area contributed by atoms with Gasteiger partial charge in [-0.15, -0.1) is 13.2 Å². The number of rotatable bonds is 4. The van der Waals surface area contributed by atoms with Gasteiger partial charge in [-0.05, 0) is 35.3 Å². The zero-order valence-corrected chi connectivity index (χ0v) is 15.4. The van der Waals surface area contributed by atoms with Crippen molar-refractivity contribution < 1.29 is 22.8 Å². The summed E-state index contributed by atoms with van der Waals surface area (Å²) in [6, 6.07) is 23.7. The van der Waals surface area contributed by atoms with Gasteiger partial charge in [0.2, 0.25) is 0 Å². The highest BCUT2D eigenvalue weighted by molar-refractivity contribution is 5.82. The second kappa shape index (κ2) is 8.99. The second-order valence-corrected chi connectivity index (χ2v) is 6.03. The number of nitrogens with zero attached hydrogens (tertiary/aromatic N) is 1. The maximum atomic E-state index is 12.2. The predicted octanol–water partition coefficient (Wildman–Crippen LogP) is 6.40. The number of nitro groups is 1. The monoisotopic (exact) mass is 415 g/mol. The average Bonchev–Trinajstić information content (AvgIpc) is 3.15. The summed E-state index contributed by atoms with van der Waals surface area (Å²) in [5.74, 6) is -0.218. The second-order valence-electron chi connectivity index (χ2n) is 6.03. The molecular weight excluding hydrogens is 399 g/mol. The molecule has 0 saturated carbocycles. The number of hydrogen-bond donors (Lipinski definition) is 2. The molecule has 0 aliphatic rings. The fourth-order valence-electron chi connectivity index (χ4n) is 2.62. The van der Waals surface area contributed by atoms with Gasteiger partial charge in [-0.1, -0.05) is 48.5 Å². The van der Waals surface area contributed by atoms with E-state index in [4.69, 9.17) is 0 Å². The molecule has 9 heteroatoms. The van der Waals surface area contributed by atoms with Crippen molar-refractivity contribution in [1.82, 2.24) is 4.98 Å². The van der Waals surface area contributed by atoms with Crippen molar-refractivity contribution in [3.05, 3.63) is 95.0 Å². The molecule has 0 unspecified atom stereocenters. The van der Waals surface area contributed by atoms with Gasteiger partial charge in [0.25, 0.3) is 0 Å². The summed E-state index contributed by atoms with van der Waals surface area (Å²) in [5.41, 5.74) is 1.75. The summed E-state index contributed by atoms with van der Waals surface area (Å²) in [6.45, 7) is 0. The van der Waals surface area contributed by atoms with E-state index in [0.717, 1.165) is 10.9 Å². The Morgan fingerprint density at radius 1 is 0.900 bits per heavy atom. The van der Waals surface area contributed by atoms with Crippen LogP contribution in [-0.4, -0.2) is 16.3 Å². The highest BCUT2D eigenvalue weighted by atomic mass is 19.4. The van der Waals surface area contributed by atoms with Gasteiger partial charge in [0, 0.05) is 17.1 Å². The van der Waals surface area contributed by atoms with E-state index in [9.17, 15) is 23.3 Å². The lowest BCUT2D eigenvalue weighted by Gasteiger charge is -2.14. The molecule has 2 N–H and O–H groups in total. The minimum atomic E-state index is -4.70. The van der Waals surface area contributed by atoms with Crippen LogP contribution in [-0.2, 0) is 0 Å². The highest BCUT2D eigenvalue weighted by Crippen LogP contribution is 2.31. The van der Waals surface area contributed by atoms with Crippen molar-refractivity contribution in [2.75, 3.05) is 5.32 Å². The Morgan fingerprint density at radius 3 is 2.20 bits per heavy atom. The molecule has 0 amide bonds. The van der Waals surface area contributed by atoms with Gasteiger partial charge in [-0.25, -0.2) is 4.98 Å². The molecule has 0 fully saturated rings. The number of nitrogens with one attached hydrogen (secondary N) is 2. The number of aromatic amines is 1. The quantitative estimate of drug-likeness (QED) is 0.298. The Bertz CT molecular complexity index is 1100. The molecular formula is C21H16F3N3O3. The van der Waals surface area contributed by atoms with Crippen LogP contribution in [0.15, 0.2) is 84.9 Å². The smallest absolute Gasteiger partial charge is 0.404 e. The van der Waals surface area contributed by atoms with Gasteiger partial charge in [-0.2, -0.15) is 0 Å². The molecule has 0 aliphatic carbocycles. The first kappa shape index (κ1) is 20.7. The Balaban J connectivity index is 0.000000184. The van der Waals surface area contributed by atoms with Crippen molar-refractivity contribution in [1.29, 1.82) is 0 Å². The largest absolute Gasteiger partial charge is 0.573 e. The lowest BCUT2D eigenvalue weighted by Crippen LogP contribution is -2.17. The van der Waals surface area contributed by atoms with Crippen LogP contribution in [0.2, 0.25) is 0 Å². The number of hydrogen-bond acceptors (Lipinski definition) is 4. The summed E-state index contributed by atoms with van der Waals surface area (Å²) >= 11 is 0. The van der Waals surface area contributed by atoms with Crippen molar-refractivity contribution >= 4 is 28.1 Å². The highest BCUT2D eigenvalue weighted by Gasteiger charge is 2.32. The molecule has 0 aliphatic heterocycles. The zero-order chi connectivity index (χ0) is 21.6. The molecule has 0 atom stereocenters. The van der Waals surface area contributed by atoms with Crippen LogP contribution in [0.5, 0.6) is 5.75 Å². The van der Waals surface area contributed by atoms with Crippen molar-refractivity contribution in [2.45, 2.75) is 6.36 Å². The van der Waals surface area contributed by atoms with E-state index in [1.807, 2.05) is 30.3 Å². The van der Waals surface area contributed by atoms with E-state index in [1.54, 1.807) is 30.3 Å². The molecule has 0 radical (unpaired) electrons. The van der Waals surface area contributed by atoms with Crippen LogP contribution in [0, 0.1) is 10.1 Å². The van der Waals surface area contributed by atoms with E-state index < -0.39 is 11.3 Å². The van der Waals surface area contributed by atoms with Crippen LogP contribution in [0.25, 0.3) is 10.9 Å². The van der Waals surface area contributed by atoms with Crippen LogP contribution < -0.4 is 10.1 Å². The van der Waals surface area contributed by atoms with Gasteiger partial charge >= 0.3 is 12.2 Å². The average molecular weight is 415 g/mol. The molecule has 0 saturated heterocycles. The van der Waals surface area contributed by atoms with E-state index in [-0.39, 0.29) is 17.3 Å². The van der Waals surface area contributed by atoms with Crippen LogP contribution in [0.1, 0.15) is 0 Å². The number of para-hydroxylation sites is 4. The number of H-pyrrole nitrogens is 1. The summed E-state index contributed by atoms with van der Waals surface area (Å²) in [7, 11) is 0. The molecule has 3 aromatic carbocycles. The zero-order valence-electron chi connectivity index (χ0n) is 15.4. The van der Waals surface area contributed by atoms with E-state index in [2.05, 4.69) is 15.0 Å². The number of anilines is 2. The van der Waals surface area contributed by atoms with Gasteiger partial charge in [0.15, 0.2) is 5.75 Å². The third kappa shape index (κ3) is 5.74. The van der Waals surface area contributed by atoms with Gasteiger partial charge < -0.3 is 20.2 Å². The Labute approximate surface area is 169 Å². The fraction of sp³-hybridized carbons (Fsp3) is 0.0476. The predicted molar refractivity (Wildman–Crippen MR) is 108 cm³/mol. The molecule has 0 bridgehead atoms. The standard InChI is InChI=1S/C13H10F3NO.C8H6N2O2/c14-13(15,16)18-12-9-5-4-8-11(12)17-10-6-2-1-3-7-10;11-10(12)8-5-6-3-1-2-4-7(6)9-8/h1-9,17H;1-5,9H. The van der Waals surface area contributed by atoms with Gasteiger partial charge in [0.05, 0.1) is 5.69 Å². The SMILES string of the molecule is FC(F)(F)Oc1ccccc1Nc1ccccc1.O=[N+]([O-])c1cc2ccccc2[nH]1. The van der Waals surface area contributed by atoms with E-state index >= 15 is 0 Å². The maximum Gasteiger partial charge on any atom is 0.573 e. The summed E-state index contributed by atoms with van der Waals surface area (Å²) < 4.78 is 40.6. The molecule has 0 spiro atoms. The first-order chi connectivity index (χ1) is 14.3.